The minimum absolute atomic E-state index is 0.162. The highest BCUT2D eigenvalue weighted by Gasteiger charge is 2.03. The van der Waals surface area contributed by atoms with Gasteiger partial charge in [0.25, 0.3) is 0 Å². The first-order valence-corrected chi connectivity index (χ1v) is 8.52. The van der Waals surface area contributed by atoms with Crippen LogP contribution in [0.25, 0.3) is 0 Å². The number of carbonyl (C=O) groups is 1. The Hall–Kier alpha value is -2.69. The lowest BCUT2D eigenvalue weighted by atomic mass is 10.1. The molecular weight excluding hydrogens is 316 g/mol. The van der Waals surface area contributed by atoms with Gasteiger partial charge in [-0.15, -0.1) is 0 Å². The molecule has 0 heterocycles. The maximum atomic E-state index is 11.8. The molecule has 0 radical (unpaired) electrons. The molecule has 134 valence electrons. The largest absolute Gasteiger partial charge is 0.496 e. The van der Waals surface area contributed by atoms with Crippen molar-refractivity contribution < 1.29 is 14.3 Å². The van der Waals surface area contributed by atoms with E-state index in [0.717, 1.165) is 29.9 Å². The molecule has 2 N–H and O–H groups in total. The van der Waals surface area contributed by atoms with Crippen LogP contribution in [0.2, 0.25) is 0 Å². The van der Waals surface area contributed by atoms with E-state index in [-0.39, 0.29) is 6.03 Å². The first-order valence-electron chi connectivity index (χ1n) is 8.52. The van der Waals surface area contributed by atoms with Gasteiger partial charge in [-0.3, -0.25) is 0 Å². The maximum absolute atomic E-state index is 11.8. The highest BCUT2D eigenvalue weighted by molar-refractivity contribution is 5.73. The van der Waals surface area contributed by atoms with Crippen molar-refractivity contribution in [3.63, 3.8) is 0 Å². The summed E-state index contributed by atoms with van der Waals surface area (Å²) in [6.45, 7) is 3.75. The zero-order chi connectivity index (χ0) is 17.9. The van der Waals surface area contributed by atoms with Crippen LogP contribution in [0.15, 0.2) is 48.5 Å². The molecule has 2 rings (SSSR count). The predicted octanol–water partition coefficient (Wildman–Crippen LogP) is 3.31. The van der Waals surface area contributed by atoms with Crippen molar-refractivity contribution in [1.29, 1.82) is 0 Å². The van der Waals surface area contributed by atoms with E-state index < -0.39 is 0 Å². The molecule has 2 aromatic rings. The molecule has 0 saturated heterocycles. The van der Waals surface area contributed by atoms with E-state index in [1.807, 2.05) is 55.5 Å². The van der Waals surface area contributed by atoms with Gasteiger partial charge in [0.2, 0.25) is 0 Å². The smallest absolute Gasteiger partial charge is 0.314 e. The first kappa shape index (κ1) is 18.6. The van der Waals surface area contributed by atoms with Gasteiger partial charge >= 0.3 is 6.03 Å². The fourth-order valence-electron chi connectivity index (χ4n) is 2.38. The summed E-state index contributed by atoms with van der Waals surface area (Å²) in [5.74, 6) is 1.70. The van der Waals surface area contributed by atoms with Crippen LogP contribution in [-0.2, 0) is 6.42 Å². The second-order valence-corrected chi connectivity index (χ2v) is 5.76. The summed E-state index contributed by atoms with van der Waals surface area (Å²) < 4.78 is 10.9. The van der Waals surface area contributed by atoms with Crippen LogP contribution in [0, 0.1) is 6.92 Å². The van der Waals surface area contributed by atoms with E-state index in [2.05, 4.69) is 10.6 Å². The van der Waals surface area contributed by atoms with E-state index in [4.69, 9.17) is 9.47 Å². The van der Waals surface area contributed by atoms with Crippen molar-refractivity contribution in [3.05, 3.63) is 59.7 Å². The van der Waals surface area contributed by atoms with Gasteiger partial charge in [0.05, 0.1) is 13.7 Å². The quantitative estimate of drug-likeness (QED) is 0.687. The van der Waals surface area contributed by atoms with E-state index in [0.29, 0.717) is 19.7 Å². The normalized spacial score (nSPS) is 10.2. The molecule has 5 heteroatoms. The fourth-order valence-corrected chi connectivity index (χ4v) is 2.38. The van der Waals surface area contributed by atoms with Crippen LogP contribution in [0.3, 0.4) is 0 Å². The molecule has 0 unspecified atom stereocenters. The number of hydrogen-bond donors (Lipinski definition) is 2. The zero-order valence-corrected chi connectivity index (χ0v) is 14.9. The van der Waals surface area contributed by atoms with Gasteiger partial charge in [0.15, 0.2) is 0 Å². The molecule has 2 amide bonds. The Morgan fingerprint density at radius 2 is 1.72 bits per heavy atom. The molecule has 0 atom stereocenters. The van der Waals surface area contributed by atoms with Crippen LogP contribution >= 0.6 is 0 Å². The molecular formula is C20H26N2O3. The lowest BCUT2D eigenvalue weighted by molar-refractivity contribution is 0.239. The highest BCUT2D eigenvalue weighted by Crippen LogP contribution is 2.17. The van der Waals surface area contributed by atoms with E-state index >= 15 is 0 Å². The van der Waals surface area contributed by atoms with Gasteiger partial charge in [0, 0.05) is 13.1 Å². The number of aryl methyl sites for hydroxylation is 1. The Balaban J connectivity index is 1.56. The zero-order valence-electron chi connectivity index (χ0n) is 14.9. The van der Waals surface area contributed by atoms with Gasteiger partial charge in [-0.05, 0) is 43.5 Å². The lowest BCUT2D eigenvalue weighted by Crippen LogP contribution is -2.37. The van der Waals surface area contributed by atoms with Gasteiger partial charge in [-0.2, -0.15) is 0 Å². The van der Waals surface area contributed by atoms with Gasteiger partial charge < -0.3 is 20.1 Å². The molecule has 25 heavy (non-hydrogen) atoms. The van der Waals surface area contributed by atoms with Crippen molar-refractivity contribution in [2.45, 2.75) is 19.8 Å². The number of rotatable bonds is 9. The Bertz CT molecular complexity index is 656. The summed E-state index contributed by atoms with van der Waals surface area (Å²) in [5.41, 5.74) is 2.29. The van der Waals surface area contributed by atoms with Crippen LogP contribution in [-0.4, -0.2) is 32.8 Å². The molecule has 0 fully saturated rings. The lowest BCUT2D eigenvalue weighted by Gasteiger charge is -2.10. The third-order valence-corrected chi connectivity index (χ3v) is 3.77. The van der Waals surface area contributed by atoms with Gasteiger partial charge in [-0.25, -0.2) is 4.79 Å². The van der Waals surface area contributed by atoms with Crippen molar-refractivity contribution in [3.8, 4) is 11.5 Å². The predicted molar refractivity (Wildman–Crippen MR) is 99.4 cm³/mol. The molecule has 0 aromatic heterocycles. The number of urea groups is 1. The second kappa shape index (κ2) is 10.2. The summed E-state index contributed by atoms with van der Waals surface area (Å²) in [4.78, 5) is 11.8. The summed E-state index contributed by atoms with van der Waals surface area (Å²) in [5, 5.41) is 5.68. The van der Waals surface area contributed by atoms with Crippen molar-refractivity contribution >= 4 is 6.03 Å². The third-order valence-electron chi connectivity index (χ3n) is 3.77. The molecule has 0 aliphatic heterocycles. The Morgan fingerprint density at radius 3 is 2.48 bits per heavy atom. The number of ether oxygens (including phenoxy) is 2. The average molecular weight is 342 g/mol. The van der Waals surface area contributed by atoms with Crippen LogP contribution in [0.4, 0.5) is 4.79 Å². The number of hydrogen-bond acceptors (Lipinski definition) is 3. The monoisotopic (exact) mass is 342 g/mol. The number of amides is 2. The maximum Gasteiger partial charge on any atom is 0.314 e. The number of para-hydroxylation sites is 1. The molecule has 0 spiro atoms. The summed E-state index contributed by atoms with van der Waals surface area (Å²) in [7, 11) is 1.65. The van der Waals surface area contributed by atoms with Crippen molar-refractivity contribution in [2.75, 3.05) is 26.8 Å². The van der Waals surface area contributed by atoms with Crippen molar-refractivity contribution in [1.82, 2.24) is 10.6 Å². The summed E-state index contributed by atoms with van der Waals surface area (Å²) in [6, 6.07) is 15.6. The summed E-state index contributed by atoms with van der Waals surface area (Å²) >= 11 is 0. The number of nitrogens with one attached hydrogen (secondary N) is 2. The number of methoxy groups -OCH3 is 1. The minimum atomic E-state index is -0.162. The molecule has 2 aromatic carbocycles. The van der Waals surface area contributed by atoms with Gasteiger partial charge in [-0.1, -0.05) is 35.9 Å². The number of carbonyl (C=O) groups excluding carboxylic acids is 1. The topological polar surface area (TPSA) is 59.6 Å². The Labute approximate surface area is 149 Å². The average Bonchev–Trinajstić information content (AvgIpc) is 2.63. The highest BCUT2D eigenvalue weighted by atomic mass is 16.5. The van der Waals surface area contributed by atoms with E-state index in [1.54, 1.807) is 7.11 Å². The Kier molecular flexibility index (Phi) is 7.63. The molecule has 5 nitrogen and oxygen atoms in total. The van der Waals surface area contributed by atoms with Crippen LogP contribution < -0.4 is 20.1 Å². The van der Waals surface area contributed by atoms with Crippen LogP contribution in [0.5, 0.6) is 11.5 Å². The standard InChI is InChI=1S/C20H26N2O3/c1-16-8-10-18(11-9-16)25-15-5-13-21-20(23)22-14-12-17-6-3-4-7-19(17)24-2/h3-4,6-11H,5,12-15H2,1-2H3,(H2,21,22,23). The second-order valence-electron chi connectivity index (χ2n) is 5.76. The molecule has 0 aliphatic rings. The third kappa shape index (κ3) is 6.75. The first-order chi connectivity index (χ1) is 12.2. The molecule has 0 bridgehead atoms. The summed E-state index contributed by atoms with van der Waals surface area (Å²) in [6.07, 6.45) is 1.49. The van der Waals surface area contributed by atoms with Crippen LogP contribution in [0.1, 0.15) is 17.5 Å². The van der Waals surface area contributed by atoms with Crippen molar-refractivity contribution in [2.24, 2.45) is 0 Å². The fraction of sp³-hybridized carbons (Fsp3) is 0.350. The SMILES string of the molecule is COc1ccccc1CCNC(=O)NCCCOc1ccc(C)cc1. The minimum Gasteiger partial charge on any atom is -0.496 e. The number of benzene rings is 2. The molecule has 0 saturated carbocycles. The van der Waals surface area contributed by atoms with E-state index in [9.17, 15) is 4.79 Å². The molecule has 0 aliphatic carbocycles. The van der Waals surface area contributed by atoms with Gasteiger partial charge in [0.1, 0.15) is 11.5 Å². The Morgan fingerprint density at radius 1 is 1.00 bits per heavy atom. The van der Waals surface area contributed by atoms with E-state index in [1.165, 1.54) is 5.56 Å².